The van der Waals surface area contributed by atoms with E-state index in [4.69, 9.17) is 0 Å². The second-order valence-corrected chi connectivity index (χ2v) is 6.49. The van der Waals surface area contributed by atoms with E-state index in [1.54, 1.807) is 13.1 Å². The SMILES string of the molecule is CN=C(NCCc1c[nH]c2cc(F)ccc12)NCc1cccc(NC(C)=O)c1.I. The van der Waals surface area contributed by atoms with Crippen molar-refractivity contribution in [2.24, 2.45) is 4.99 Å². The van der Waals surface area contributed by atoms with Gasteiger partial charge in [0.15, 0.2) is 5.96 Å². The number of guanidine groups is 1. The maximum atomic E-state index is 13.3. The van der Waals surface area contributed by atoms with Crippen LogP contribution in [0.3, 0.4) is 0 Å². The quantitative estimate of drug-likeness (QED) is 0.232. The number of halogens is 2. The van der Waals surface area contributed by atoms with Crippen molar-refractivity contribution in [3.8, 4) is 0 Å². The van der Waals surface area contributed by atoms with Crippen molar-refractivity contribution in [3.63, 3.8) is 0 Å². The first-order chi connectivity index (χ1) is 13.5. The molecule has 3 rings (SSSR count). The fourth-order valence-corrected chi connectivity index (χ4v) is 3.05. The molecule has 2 aromatic carbocycles. The highest BCUT2D eigenvalue weighted by Gasteiger charge is 2.05. The van der Waals surface area contributed by atoms with Crippen molar-refractivity contribution >= 4 is 52.4 Å². The number of benzene rings is 2. The molecule has 0 unspecified atom stereocenters. The first kappa shape index (κ1) is 22.7. The first-order valence-corrected chi connectivity index (χ1v) is 9.11. The second-order valence-electron chi connectivity index (χ2n) is 6.49. The van der Waals surface area contributed by atoms with Gasteiger partial charge in [-0.25, -0.2) is 4.39 Å². The largest absolute Gasteiger partial charge is 0.361 e. The molecule has 3 aromatic rings. The number of fused-ring (bicyclic) bond motifs is 1. The highest BCUT2D eigenvalue weighted by Crippen LogP contribution is 2.19. The zero-order valence-electron chi connectivity index (χ0n) is 16.4. The van der Waals surface area contributed by atoms with Gasteiger partial charge in [-0.3, -0.25) is 9.79 Å². The Bertz CT molecular complexity index is 1000. The third-order valence-electron chi connectivity index (χ3n) is 4.35. The number of aromatic nitrogens is 1. The van der Waals surface area contributed by atoms with Crippen molar-refractivity contribution in [1.82, 2.24) is 15.6 Å². The van der Waals surface area contributed by atoms with E-state index in [2.05, 4.69) is 25.9 Å². The number of rotatable bonds is 6. The average Bonchev–Trinajstić information content (AvgIpc) is 3.06. The Morgan fingerprint density at radius 2 is 2.00 bits per heavy atom. The summed E-state index contributed by atoms with van der Waals surface area (Å²) in [6, 6.07) is 12.4. The number of carbonyl (C=O) groups is 1. The maximum absolute atomic E-state index is 13.3. The van der Waals surface area contributed by atoms with Gasteiger partial charge in [0.2, 0.25) is 5.91 Å². The molecular weight excluding hydrogens is 484 g/mol. The highest BCUT2D eigenvalue weighted by molar-refractivity contribution is 14.0. The van der Waals surface area contributed by atoms with Gasteiger partial charge in [0.1, 0.15) is 5.82 Å². The monoisotopic (exact) mass is 509 g/mol. The summed E-state index contributed by atoms with van der Waals surface area (Å²) >= 11 is 0. The normalized spacial score (nSPS) is 11.1. The molecule has 0 bridgehead atoms. The summed E-state index contributed by atoms with van der Waals surface area (Å²) in [4.78, 5) is 18.5. The van der Waals surface area contributed by atoms with Crippen LogP contribution in [0.25, 0.3) is 10.9 Å². The van der Waals surface area contributed by atoms with Crippen LogP contribution >= 0.6 is 24.0 Å². The number of nitrogens with zero attached hydrogens (tertiary/aromatic N) is 1. The molecule has 1 aromatic heterocycles. The summed E-state index contributed by atoms with van der Waals surface area (Å²) in [5.41, 5.74) is 3.73. The summed E-state index contributed by atoms with van der Waals surface area (Å²) in [6.45, 7) is 2.76. The lowest BCUT2D eigenvalue weighted by molar-refractivity contribution is -0.114. The molecule has 0 saturated heterocycles. The topological polar surface area (TPSA) is 81.3 Å². The number of aromatic amines is 1. The highest BCUT2D eigenvalue weighted by atomic mass is 127. The van der Waals surface area contributed by atoms with Crippen LogP contribution in [0.15, 0.2) is 53.7 Å². The van der Waals surface area contributed by atoms with Crippen molar-refractivity contribution in [1.29, 1.82) is 0 Å². The lowest BCUT2D eigenvalue weighted by Crippen LogP contribution is -2.37. The maximum Gasteiger partial charge on any atom is 0.221 e. The molecule has 6 nitrogen and oxygen atoms in total. The summed E-state index contributed by atoms with van der Waals surface area (Å²) in [6.07, 6.45) is 2.69. The zero-order chi connectivity index (χ0) is 19.9. The van der Waals surface area contributed by atoms with Gasteiger partial charge in [-0.05, 0) is 47.9 Å². The number of aliphatic imine (C=N–C) groups is 1. The van der Waals surface area contributed by atoms with Crippen LogP contribution in [-0.4, -0.2) is 30.4 Å². The summed E-state index contributed by atoms with van der Waals surface area (Å²) in [5, 5.41) is 10.3. The van der Waals surface area contributed by atoms with E-state index in [-0.39, 0.29) is 35.7 Å². The van der Waals surface area contributed by atoms with E-state index < -0.39 is 0 Å². The Balaban J connectivity index is 0.00000300. The predicted molar refractivity (Wildman–Crippen MR) is 126 cm³/mol. The Kier molecular flexibility index (Phi) is 8.44. The summed E-state index contributed by atoms with van der Waals surface area (Å²) < 4.78 is 13.3. The van der Waals surface area contributed by atoms with Crippen LogP contribution in [0.1, 0.15) is 18.1 Å². The minimum Gasteiger partial charge on any atom is -0.361 e. The number of hydrogen-bond acceptors (Lipinski definition) is 2. The Morgan fingerprint density at radius 3 is 2.76 bits per heavy atom. The van der Waals surface area contributed by atoms with E-state index >= 15 is 0 Å². The zero-order valence-corrected chi connectivity index (χ0v) is 18.7. The summed E-state index contributed by atoms with van der Waals surface area (Å²) in [7, 11) is 1.72. The van der Waals surface area contributed by atoms with Crippen molar-refractivity contribution < 1.29 is 9.18 Å². The molecule has 1 amide bonds. The molecule has 8 heteroatoms. The van der Waals surface area contributed by atoms with E-state index in [0.29, 0.717) is 19.0 Å². The molecule has 0 saturated carbocycles. The van der Waals surface area contributed by atoms with Gasteiger partial charge in [0, 0.05) is 49.8 Å². The fourth-order valence-electron chi connectivity index (χ4n) is 3.05. The third-order valence-corrected chi connectivity index (χ3v) is 4.35. The van der Waals surface area contributed by atoms with Crippen LogP contribution in [0.5, 0.6) is 0 Å². The number of nitrogens with one attached hydrogen (secondary N) is 4. The van der Waals surface area contributed by atoms with E-state index in [9.17, 15) is 9.18 Å². The van der Waals surface area contributed by atoms with Gasteiger partial charge in [-0.1, -0.05) is 12.1 Å². The number of carbonyl (C=O) groups excluding carboxylic acids is 1. The first-order valence-electron chi connectivity index (χ1n) is 9.11. The van der Waals surface area contributed by atoms with E-state index in [0.717, 1.165) is 34.1 Å². The third kappa shape index (κ3) is 6.45. The number of hydrogen-bond donors (Lipinski definition) is 4. The molecule has 0 spiro atoms. The molecule has 0 fully saturated rings. The summed E-state index contributed by atoms with van der Waals surface area (Å²) in [5.74, 6) is 0.352. The molecule has 4 N–H and O–H groups in total. The molecule has 29 heavy (non-hydrogen) atoms. The minimum atomic E-state index is -0.244. The molecule has 1 heterocycles. The van der Waals surface area contributed by atoms with Gasteiger partial charge < -0.3 is 20.9 Å². The van der Waals surface area contributed by atoms with Gasteiger partial charge in [-0.2, -0.15) is 0 Å². The number of H-pyrrole nitrogens is 1. The predicted octanol–water partition coefficient (Wildman–Crippen LogP) is 3.79. The van der Waals surface area contributed by atoms with Gasteiger partial charge >= 0.3 is 0 Å². The van der Waals surface area contributed by atoms with Crippen molar-refractivity contribution in [2.75, 3.05) is 18.9 Å². The molecule has 0 atom stereocenters. The van der Waals surface area contributed by atoms with Gasteiger partial charge in [0.05, 0.1) is 0 Å². The van der Waals surface area contributed by atoms with Crippen LogP contribution in [0, 0.1) is 5.82 Å². The minimum absolute atomic E-state index is 0. The molecule has 0 radical (unpaired) electrons. The van der Waals surface area contributed by atoms with Crippen molar-refractivity contribution in [2.45, 2.75) is 19.9 Å². The van der Waals surface area contributed by atoms with Crippen LogP contribution in [-0.2, 0) is 17.8 Å². The van der Waals surface area contributed by atoms with E-state index in [1.165, 1.54) is 19.1 Å². The Hall–Kier alpha value is -2.62. The average molecular weight is 509 g/mol. The number of amides is 1. The Morgan fingerprint density at radius 1 is 1.17 bits per heavy atom. The molecule has 0 aliphatic carbocycles. The fraction of sp³-hybridized carbons (Fsp3) is 0.238. The van der Waals surface area contributed by atoms with Gasteiger partial charge in [0.25, 0.3) is 0 Å². The van der Waals surface area contributed by atoms with Crippen molar-refractivity contribution in [3.05, 3.63) is 65.6 Å². The molecular formula is C21H25FIN5O. The number of anilines is 1. The lowest BCUT2D eigenvalue weighted by Gasteiger charge is -2.12. The smallest absolute Gasteiger partial charge is 0.221 e. The second kappa shape index (κ2) is 10.8. The van der Waals surface area contributed by atoms with E-state index in [1.807, 2.05) is 30.5 Å². The standard InChI is InChI=1S/C21H24FN5O.HI/c1-14(28)27-18-5-3-4-15(10-18)12-26-21(23-2)24-9-8-16-13-25-20-11-17(22)6-7-19(16)20;/h3-7,10-11,13,25H,8-9,12H2,1-2H3,(H,27,28)(H2,23,24,26);1H. The van der Waals surface area contributed by atoms with Crippen LogP contribution < -0.4 is 16.0 Å². The van der Waals surface area contributed by atoms with Crippen LogP contribution in [0.4, 0.5) is 10.1 Å². The molecule has 154 valence electrons. The lowest BCUT2D eigenvalue weighted by atomic mass is 10.1. The van der Waals surface area contributed by atoms with Gasteiger partial charge in [-0.15, -0.1) is 24.0 Å². The van der Waals surface area contributed by atoms with Crippen LogP contribution in [0.2, 0.25) is 0 Å². The molecule has 0 aliphatic rings. The molecule has 0 aliphatic heterocycles. The Labute approximate surface area is 186 Å².